The van der Waals surface area contributed by atoms with Crippen molar-refractivity contribution < 1.29 is 34.7 Å². The van der Waals surface area contributed by atoms with Gasteiger partial charge < -0.3 is 29.9 Å². The van der Waals surface area contributed by atoms with Gasteiger partial charge >= 0.3 is 0 Å². The third-order valence-corrected chi connectivity index (χ3v) is 5.44. The molecule has 0 aromatic carbocycles. The molecular weight excluding hydrogens is 330 g/mol. The molecule has 0 aliphatic carbocycles. The first-order valence-corrected chi connectivity index (χ1v) is 8.77. The van der Waals surface area contributed by atoms with Crippen molar-refractivity contribution in [2.45, 2.75) is 82.5 Å². The topological polar surface area (TPSA) is 120 Å². The lowest BCUT2D eigenvalue weighted by Gasteiger charge is -2.45. The van der Waals surface area contributed by atoms with Crippen LogP contribution in [-0.4, -0.2) is 93.2 Å². The first-order chi connectivity index (χ1) is 11.5. The predicted molar refractivity (Wildman–Crippen MR) is 88.7 cm³/mol. The van der Waals surface area contributed by atoms with Crippen molar-refractivity contribution in [1.29, 1.82) is 0 Å². The molecule has 0 saturated carbocycles. The third-order valence-electron chi connectivity index (χ3n) is 5.44. The number of Topliss-reactive ketones (excluding diaryl/α,β-unsaturated/α-hetero) is 1. The molecule has 146 valence electrons. The Morgan fingerprint density at radius 2 is 1.92 bits per heavy atom. The average Bonchev–Trinajstić information content (AvgIpc) is 2.83. The van der Waals surface area contributed by atoms with Crippen LogP contribution >= 0.6 is 0 Å². The molecule has 0 radical (unpaired) electrons. The van der Waals surface area contributed by atoms with Gasteiger partial charge in [0.2, 0.25) is 5.78 Å². The predicted octanol–water partition coefficient (Wildman–Crippen LogP) is -1.12. The van der Waals surface area contributed by atoms with Gasteiger partial charge in [0.25, 0.3) is 0 Å². The zero-order chi connectivity index (χ0) is 19.1. The molecule has 2 heterocycles. The molecule has 0 amide bonds. The molecule has 8 atom stereocenters. The zero-order valence-corrected chi connectivity index (χ0v) is 15.5. The number of hydrogen-bond donors (Lipinski definition) is 4. The number of carbonyl (C=O) groups excluding carboxylic acids is 1. The van der Waals surface area contributed by atoms with Crippen LogP contribution < -0.4 is 0 Å². The Bertz CT molecular complexity index is 488. The number of likely N-dealkylation sites (N-methyl/N-ethyl adjacent to an activating group) is 1. The Labute approximate surface area is 148 Å². The van der Waals surface area contributed by atoms with Crippen LogP contribution in [0.4, 0.5) is 0 Å². The molecule has 2 rings (SSSR count). The summed E-state index contributed by atoms with van der Waals surface area (Å²) in [7, 11) is 1.72. The van der Waals surface area contributed by atoms with E-state index in [9.17, 15) is 20.1 Å². The summed E-state index contributed by atoms with van der Waals surface area (Å²) in [6, 6.07) is -0.177. The quantitative estimate of drug-likeness (QED) is 0.470. The van der Waals surface area contributed by atoms with E-state index in [0.717, 1.165) is 0 Å². The minimum Gasteiger partial charge on any atom is -0.394 e. The lowest BCUT2D eigenvalue weighted by atomic mass is 9.81. The Balaban J connectivity index is 2.18. The van der Waals surface area contributed by atoms with Crippen LogP contribution in [0.2, 0.25) is 0 Å². The van der Waals surface area contributed by atoms with Crippen LogP contribution in [-0.2, 0) is 14.3 Å². The van der Waals surface area contributed by atoms with Gasteiger partial charge in [0.05, 0.1) is 30.5 Å². The number of hydrogen-bond acceptors (Lipinski definition) is 8. The van der Waals surface area contributed by atoms with Crippen molar-refractivity contribution in [3.8, 4) is 0 Å². The number of aliphatic hydroxyl groups is 4. The van der Waals surface area contributed by atoms with E-state index in [2.05, 4.69) is 13.8 Å². The van der Waals surface area contributed by atoms with Crippen LogP contribution in [0, 0.1) is 5.92 Å². The number of ketones is 1. The number of aliphatic hydroxyl groups excluding tert-OH is 4. The minimum absolute atomic E-state index is 0.00484. The van der Waals surface area contributed by atoms with E-state index in [1.165, 1.54) is 0 Å². The maximum Gasteiger partial charge on any atom is 0.207 e. The Morgan fingerprint density at radius 3 is 2.44 bits per heavy atom. The van der Waals surface area contributed by atoms with E-state index in [-0.39, 0.29) is 18.2 Å². The standard InChI is InChI=1S/C17H31NO7/c1-8(2)11-6-17(4)15(9(3)24-11)18(5)16(25-17)14(23)13(22)12(21)10(20)7-19/h8-13,15-16,19-22H,6-7H2,1-5H3. The molecule has 4 N–H and O–H groups in total. The second-order valence-corrected chi connectivity index (χ2v) is 7.81. The molecule has 0 bridgehead atoms. The molecule has 2 fully saturated rings. The van der Waals surface area contributed by atoms with E-state index in [1.807, 2.05) is 13.8 Å². The van der Waals surface area contributed by atoms with Gasteiger partial charge in [-0.05, 0) is 26.8 Å². The van der Waals surface area contributed by atoms with Crippen LogP contribution in [0.5, 0.6) is 0 Å². The Kier molecular flexibility index (Phi) is 6.26. The van der Waals surface area contributed by atoms with Crippen molar-refractivity contribution in [1.82, 2.24) is 4.90 Å². The van der Waals surface area contributed by atoms with Crippen LogP contribution in [0.1, 0.15) is 34.1 Å². The summed E-state index contributed by atoms with van der Waals surface area (Å²) in [6.45, 7) is 7.25. The average molecular weight is 361 g/mol. The highest BCUT2D eigenvalue weighted by atomic mass is 16.6. The zero-order valence-electron chi connectivity index (χ0n) is 15.5. The lowest BCUT2D eigenvalue weighted by molar-refractivity contribution is -0.170. The van der Waals surface area contributed by atoms with Gasteiger partial charge in [0, 0.05) is 6.42 Å². The summed E-state index contributed by atoms with van der Waals surface area (Å²) in [6.07, 6.45) is -5.83. The number of fused-ring (bicyclic) bond motifs is 1. The molecule has 8 nitrogen and oxygen atoms in total. The summed E-state index contributed by atoms with van der Waals surface area (Å²) in [4.78, 5) is 14.3. The fraction of sp³-hybridized carbons (Fsp3) is 0.941. The largest absolute Gasteiger partial charge is 0.394 e. The summed E-state index contributed by atoms with van der Waals surface area (Å²) in [5.41, 5.74) is -0.623. The molecule has 2 aliphatic heterocycles. The monoisotopic (exact) mass is 361 g/mol. The molecule has 0 aromatic heterocycles. The molecule has 8 unspecified atom stereocenters. The van der Waals surface area contributed by atoms with E-state index in [4.69, 9.17) is 14.6 Å². The van der Waals surface area contributed by atoms with Gasteiger partial charge in [-0.1, -0.05) is 13.8 Å². The Hall–Kier alpha value is -0.610. The summed E-state index contributed by atoms with van der Waals surface area (Å²) in [5.74, 6) is -0.442. The van der Waals surface area contributed by atoms with Gasteiger partial charge in [0.1, 0.15) is 18.3 Å². The highest BCUT2D eigenvalue weighted by molar-refractivity contribution is 5.87. The minimum atomic E-state index is -1.85. The van der Waals surface area contributed by atoms with E-state index in [0.29, 0.717) is 12.3 Å². The smallest absolute Gasteiger partial charge is 0.207 e. The van der Waals surface area contributed by atoms with E-state index in [1.54, 1.807) is 11.9 Å². The third kappa shape index (κ3) is 3.75. The fourth-order valence-corrected chi connectivity index (χ4v) is 4.06. The van der Waals surface area contributed by atoms with Gasteiger partial charge in [-0.2, -0.15) is 0 Å². The van der Waals surface area contributed by atoms with Crippen molar-refractivity contribution in [2.75, 3.05) is 13.7 Å². The molecule has 0 spiro atoms. The molecule has 25 heavy (non-hydrogen) atoms. The number of rotatable bonds is 6. The van der Waals surface area contributed by atoms with Gasteiger partial charge in [-0.25, -0.2) is 0 Å². The van der Waals surface area contributed by atoms with E-state index < -0.39 is 42.5 Å². The second kappa shape index (κ2) is 7.56. The first-order valence-electron chi connectivity index (χ1n) is 8.77. The summed E-state index contributed by atoms with van der Waals surface area (Å²) < 4.78 is 12.1. The van der Waals surface area contributed by atoms with E-state index >= 15 is 0 Å². The van der Waals surface area contributed by atoms with Crippen molar-refractivity contribution in [3.63, 3.8) is 0 Å². The fourth-order valence-electron chi connectivity index (χ4n) is 4.06. The normalized spacial score (nSPS) is 39.9. The SMILES string of the molecule is CC(C)C1CC2(C)OC(C(=O)C(O)C(O)C(O)CO)N(C)C2C(C)O1. The second-order valence-electron chi connectivity index (χ2n) is 7.81. The van der Waals surface area contributed by atoms with Crippen LogP contribution in [0.15, 0.2) is 0 Å². The summed E-state index contributed by atoms with van der Waals surface area (Å²) >= 11 is 0. The van der Waals surface area contributed by atoms with Crippen molar-refractivity contribution in [3.05, 3.63) is 0 Å². The summed E-state index contributed by atoms with van der Waals surface area (Å²) in [5, 5.41) is 38.2. The Morgan fingerprint density at radius 1 is 1.32 bits per heavy atom. The maximum absolute atomic E-state index is 12.6. The maximum atomic E-state index is 12.6. The highest BCUT2D eigenvalue weighted by Gasteiger charge is 2.58. The van der Waals surface area contributed by atoms with Gasteiger partial charge in [-0.3, -0.25) is 9.69 Å². The number of carbonyl (C=O) groups is 1. The van der Waals surface area contributed by atoms with Gasteiger partial charge in [-0.15, -0.1) is 0 Å². The number of ether oxygens (including phenoxy) is 2. The first kappa shape index (κ1) is 20.7. The highest BCUT2D eigenvalue weighted by Crippen LogP contribution is 2.43. The van der Waals surface area contributed by atoms with Crippen LogP contribution in [0.3, 0.4) is 0 Å². The van der Waals surface area contributed by atoms with Gasteiger partial charge in [0.15, 0.2) is 6.23 Å². The molecule has 8 heteroatoms. The van der Waals surface area contributed by atoms with Crippen molar-refractivity contribution in [2.24, 2.45) is 5.92 Å². The molecular formula is C17H31NO7. The van der Waals surface area contributed by atoms with Crippen molar-refractivity contribution >= 4 is 5.78 Å². The lowest BCUT2D eigenvalue weighted by Crippen LogP contribution is -2.58. The molecule has 0 aromatic rings. The molecule has 2 saturated heterocycles. The van der Waals surface area contributed by atoms with Crippen LogP contribution in [0.25, 0.3) is 0 Å². The number of nitrogens with zero attached hydrogens (tertiary/aromatic N) is 1. The molecule has 2 aliphatic rings.